The van der Waals surface area contributed by atoms with E-state index in [0.717, 1.165) is 77.0 Å². The molecular weight excluding hydrogens is 767 g/mol. The molecule has 354 valence electrons. The summed E-state index contributed by atoms with van der Waals surface area (Å²) in [6, 6.07) is 0. The first-order valence-electron chi connectivity index (χ1n) is 24.8. The fourth-order valence-corrected chi connectivity index (χ4v) is 6.77. The van der Waals surface area contributed by atoms with Crippen LogP contribution in [0.25, 0.3) is 0 Å². The summed E-state index contributed by atoms with van der Waals surface area (Å²) in [4.78, 5) is 36.8. The van der Waals surface area contributed by atoms with Crippen molar-refractivity contribution in [2.45, 2.75) is 219 Å². The van der Waals surface area contributed by atoms with Crippen molar-refractivity contribution in [3.05, 3.63) is 48.6 Å². The summed E-state index contributed by atoms with van der Waals surface area (Å²) in [6.45, 7) is 4.67. The van der Waals surface area contributed by atoms with E-state index in [0.29, 0.717) is 17.4 Å². The molecule has 9 nitrogen and oxygen atoms in total. The molecule has 2 atom stereocenters. The number of hydrogen-bond acceptors (Lipinski definition) is 7. The van der Waals surface area contributed by atoms with Gasteiger partial charge in [-0.05, 0) is 51.4 Å². The minimum absolute atomic E-state index is 0.181. The lowest BCUT2D eigenvalue weighted by molar-refractivity contribution is -0.870. The molecule has 0 rings (SSSR count). The van der Waals surface area contributed by atoms with Gasteiger partial charge in [-0.15, -0.1) is 0 Å². The standard InChI is InChI=1S/C52H93NO8/c1-6-8-10-12-13-14-15-16-17-18-19-20-21-22-23-24-25-26-27-28-29-30-31-32-33-34-35-36-37-39-41-43-50(55)61-48(46-59-49(54)42-40-38-11-9-7-2)47-60-52(51(56)57)58-45-44-53(3,4)5/h8,10,13-14,16-17,19-20,48,52H,6-7,9,11-12,15,18,21-47H2,1-5H3/p+1/b10-8-,14-13-,17-16-,20-19-. The van der Waals surface area contributed by atoms with Crippen molar-refractivity contribution in [3.8, 4) is 0 Å². The number of unbranched alkanes of at least 4 members (excludes halogenated alkanes) is 22. The largest absolute Gasteiger partial charge is 0.477 e. The third-order valence-electron chi connectivity index (χ3n) is 10.6. The number of rotatable bonds is 45. The van der Waals surface area contributed by atoms with Crippen LogP contribution in [-0.2, 0) is 33.3 Å². The first-order valence-corrected chi connectivity index (χ1v) is 24.8. The molecule has 61 heavy (non-hydrogen) atoms. The van der Waals surface area contributed by atoms with Gasteiger partial charge in [-0.3, -0.25) is 9.59 Å². The van der Waals surface area contributed by atoms with Crippen molar-refractivity contribution in [1.29, 1.82) is 0 Å². The Kier molecular flexibility index (Phi) is 41.9. The number of esters is 2. The number of nitrogens with zero attached hydrogens (tertiary/aromatic N) is 1. The zero-order chi connectivity index (χ0) is 44.9. The highest BCUT2D eigenvalue weighted by Gasteiger charge is 2.25. The number of quaternary nitrogens is 1. The summed E-state index contributed by atoms with van der Waals surface area (Å²) in [5.41, 5.74) is 0. The van der Waals surface area contributed by atoms with Crippen LogP contribution in [-0.4, -0.2) is 87.4 Å². The number of likely N-dealkylation sites (N-methyl/N-ethyl adjacent to an activating group) is 1. The van der Waals surface area contributed by atoms with Gasteiger partial charge in [0.05, 0.1) is 34.4 Å². The normalized spacial score (nSPS) is 13.3. The van der Waals surface area contributed by atoms with Crippen LogP contribution < -0.4 is 0 Å². The van der Waals surface area contributed by atoms with E-state index in [9.17, 15) is 19.5 Å². The number of carboxylic acids is 1. The van der Waals surface area contributed by atoms with Crippen LogP contribution in [0.3, 0.4) is 0 Å². The molecule has 0 aliphatic heterocycles. The summed E-state index contributed by atoms with van der Waals surface area (Å²) >= 11 is 0. The van der Waals surface area contributed by atoms with Crippen LogP contribution in [0.1, 0.15) is 206 Å². The minimum Gasteiger partial charge on any atom is -0.477 e. The first kappa shape index (κ1) is 58.2. The molecule has 0 amide bonds. The van der Waals surface area contributed by atoms with Crippen molar-refractivity contribution in [2.24, 2.45) is 0 Å². The van der Waals surface area contributed by atoms with Gasteiger partial charge in [-0.1, -0.05) is 191 Å². The van der Waals surface area contributed by atoms with E-state index in [1.807, 2.05) is 21.1 Å². The van der Waals surface area contributed by atoms with Crippen LogP contribution in [0.2, 0.25) is 0 Å². The number of carbonyl (C=O) groups is 3. The molecule has 0 aromatic heterocycles. The van der Waals surface area contributed by atoms with Crippen LogP contribution >= 0.6 is 0 Å². The molecule has 0 spiro atoms. The lowest BCUT2D eigenvalue weighted by Gasteiger charge is -2.25. The molecule has 0 radical (unpaired) electrons. The summed E-state index contributed by atoms with van der Waals surface area (Å²) < 4.78 is 22.6. The third kappa shape index (κ3) is 45.1. The molecule has 0 saturated carbocycles. The van der Waals surface area contributed by atoms with Crippen LogP contribution in [0.4, 0.5) is 0 Å². The van der Waals surface area contributed by atoms with Gasteiger partial charge in [-0.2, -0.15) is 0 Å². The van der Waals surface area contributed by atoms with E-state index in [1.165, 1.54) is 103 Å². The molecule has 9 heteroatoms. The quantitative estimate of drug-likeness (QED) is 0.0212. The molecule has 0 aliphatic carbocycles. The Morgan fingerprint density at radius 3 is 1.39 bits per heavy atom. The summed E-state index contributed by atoms with van der Waals surface area (Å²) in [5, 5.41) is 9.59. The molecule has 0 saturated heterocycles. The zero-order valence-corrected chi connectivity index (χ0v) is 40.1. The summed E-state index contributed by atoms with van der Waals surface area (Å²) in [7, 11) is 5.95. The number of carboxylic acid groups (broad SMARTS) is 1. The molecule has 2 unspecified atom stereocenters. The van der Waals surface area contributed by atoms with Gasteiger partial charge in [0.2, 0.25) is 0 Å². The van der Waals surface area contributed by atoms with E-state index in [2.05, 4.69) is 62.5 Å². The average molecular weight is 861 g/mol. The molecule has 1 N–H and O–H groups in total. The lowest BCUT2D eigenvalue weighted by atomic mass is 10.0. The predicted octanol–water partition coefficient (Wildman–Crippen LogP) is 13.6. The van der Waals surface area contributed by atoms with Gasteiger partial charge in [0.15, 0.2) is 6.10 Å². The van der Waals surface area contributed by atoms with Crippen LogP contribution in [0.5, 0.6) is 0 Å². The Hall–Kier alpha value is -2.75. The Morgan fingerprint density at radius 1 is 0.508 bits per heavy atom. The average Bonchev–Trinajstić information content (AvgIpc) is 3.22. The van der Waals surface area contributed by atoms with E-state index in [-0.39, 0.29) is 32.2 Å². The summed E-state index contributed by atoms with van der Waals surface area (Å²) in [5.74, 6) is -2.02. The fourth-order valence-electron chi connectivity index (χ4n) is 6.77. The second-order valence-electron chi connectivity index (χ2n) is 17.8. The first-order chi connectivity index (χ1) is 29.6. The topological polar surface area (TPSA) is 108 Å². The van der Waals surface area contributed by atoms with Gasteiger partial charge >= 0.3 is 17.9 Å². The lowest BCUT2D eigenvalue weighted by Crippen LogP contribution is -2.40. The predicted molar refractivity (Wildman–Crippen MR) is 253 cm³/mol. The SMILES string of the molecule is CC/C=C\C/C=C\C/C=C\C/C=C\CCCCCCCCCCCCCCCCCCCCC(=O)OC(COC(=O)CCCCCCC)COC(OCC[N+](C)(C)C)C(=O)O. The molecule has 0 fully saturated rings. The van der Waals surface area contributed by atoms with Gasteiger partial charge in [-0.25, -0.2) is 4.79 Å². The van der Waals surface area contributed by atoms with Crippen molar-refractivity contribution >= 4 is 17.9 Å². The number of hydrogen-bond donors (Lipinski definition) is 1. The van der Waals surface area contributed by atoms with Gasteiger partial charge in [0.25, 0.3) is 6.29 Å². The maximum Gasteiger partial charge on any atom is 0.361 e. The number of carbonyl (C=O) groups excluding carboxylic acids is 2. The van der Waals surface area contributed by atoms with Gasteiger partial charge in [0, 0.05) is 12.8 Å². The third-order valence-corrected chi connectivity index (χ3v) is 10.6. The molecule has 0 aromatic carbocycles. The van der Waals surface area contributed by atoms with E-state index >= 15 is 0 Å². The summed E-state index contributed by atoms with van der Waals surface area (Å²) in [6.07, 6.45) is 49.6. The van der Waals surface area contributed by atoms with Crippen LogP contribution in [0, 0.1) is 0 Å². The van der Waals surface area contributed by atoms with Crippen molar-refractivity contribution in [2.75, 3.05) is 47.5 Å². The minimum atomic E-state index is -1.50. The van der Waals surface area contributed by atoms with E-state index in [1.54, 1.807) is 0 Å². The van der Waals surface area contributed by atoms with E-state index < -0.39 is 24.3 Å². The molecule has 0 aromatic rings. The Balaban J connectivity index is 3.96. The highest BCUT2D eigenvalue weighted by Crippen LogP contribution is 2.16. The number of allylic oxidation sites excluding steroid dienone is 8. The second-order valence-corrected chi connectivity index (χ2v) is 17.8. The van der Waals surface area contributed by atoms with Gasteiger partial charge < -0.3 is 28.5 Å². The highest BCUT2D eigenvalue weighted by molar-refractivity contribution is 5.71. The maximum atomic E-state index is 12.7. The zero-order valence-electron chi connectivity index (χ0n) is 40.1. The maximum absolute atomic E-state index is 12.7. The molecule has 0 aliphatic rings. The number of ether oxygens (including phenoxy) is 4. The fraction of sp³-hybridized carbons (Fsp3) is 0.788. The van der Waals surface area contributed by atoms with Crippen molar-refractivity contribution < 1.29 is 42.9 Å². The van der Waals surface area contributed by atoms with Crippen molar-refractivity contribution in [3.63, 3.8) is 0 Å². The Bertz CT molecular complexity index is 1140. The molecule has 0 bridgehead atoms. The van der Waals surface area contributed by atoms with E-state index in [4.69, 9.17) is 18.9 Å². The van der Waals surface area contributed by atoms with Gasteiger partial charge in [0.1, 0.15) is 13.2 Å². The second kappa shape index (κ2) is 43.9. The highest BCUT2D eigenvalue weighted by atomic mass is 16.7. The smallest absolute Gasteiger partial charge is 0.361 e. The molecular formula is C52H94NO8+. The van der Waals surface area contributed by atoms with Crippen LogP contribution in [0.15, 0.2) is 48.6 Å². The Labute approximate surface area is 374 Å². The number of aliphatic carboxylic acids is 1. The molecule has 0 heterocycles. The monoisotopic (exact) mass is 861 g/mol. The van der Waals surface area contributed by atoms with Crippen molar-refractivity contribution in [1.82, 2.24) is 0 Å². The Morgan fingerprint density at radius 2 is 0.934 bits per heavy atom.